The molecule has 1 saturated carbocycles. The lowest BCUT2D eigenvalue weighted by Gasteiger charge is -2.45. The Morgan fingerprint density at radius 1 is 1.31 bits per heavy atom. The number of carbonyl (C=O) groups excluding carboxylic acids is 1. The third kappa shape index (κ3) is 3.49. The molecule has 26 heavy (non-hydrogen) atoms. The van der Waals surface area contributed by atoms with Crippen molar-refractivity contribution in [2.24, 2.45) is 5.41 Å². The zero-order valence-corrected chi connectivity index (χ0v) is 15.8. The number of benzene rings is 1. The lowest BCUT2D eigenvalue weighted by atomic mass is 9.66. The van der Waals surface area contributed by atoms with Crippen molar-refractivity contribution < 1.29 is 15.0 Å². The summed E-state index contributed by atoms with van der Waals surface area (Å²) in [6.07, 6.45) is 1.16. The van der Waals surface area contributed by atoms with Crippen LogP contribution < -0.4 is 5.32 Å². The standard InChI is InChI=1S/C19H24ClN3O3/c1-12-17(18(26)21-15-7-19(8-15,10-24)11-25)13(2)23(22-12)9-14-5-3-4-6-16(14)20/h3-6,15,24-25H,7-11H2,1-2H3,(H,21,26). The highest BCUT2D eigenvalue weighted by atomic mass is 35.5. The van der Waals surface area contributed by atoms with Crippen molar-refractivity contribution >= 4 is 17.5 Å². The quantitative estimate of drug-likeness (QED) is 0.719. The van der Waals surface area contributed by atoms with Crippen molar-refractivity contribution in [2.75, 3.05) is 13.2 Å². The van der Waals surface area contributed by atoms with E-state index in [1.165, 1.54) is 0 Å². The van der Waals surface area contributed by atoms with Crippen LogP contribution in [0.2, 0.25) is 5.02 Å². The first-order chi connectivity index (χ1) is 12.4. The number of halogens is 1. The van der Waals surface area contributed by atoms with Crippen LogP contribution in [0.1, 0.15) is 40.2 Å². The Morgan fingerprint density at radius 2 is 1.96 bits per heavy atom. The van der Waals surface area contributed by atoms with Gasteiger partial charge in [0.25, 0.3) is 5.91 Å². The monoisotopic (exact) mass is 377 g/mol. The first-order valence-corrected chi connectivity index (χ1v) is 9.07. The molecule has 1 fully saturated rings. The number of aliphatic hydroxyl groups is 2. The second-order valence-electron chi connectivity index (χ2n) is 7.19. The minimum Gasteiger partial charge on any atom is -0.396 e. The number of nitrogens with one attached hydrogen (secondary N) is 1. The molecule has 3 rings (SSSR count). The van der Waals surface area contributed by atoms with Crippen molar-refractivity contribution in [3.63, 3.8) is 0 Å². The highest BCUT2D eigenvalue weighted by Gasteiger charge is 2.44. The van der Waals surface area contributed by atoms with E-state index < -0.39 is 5.41 Å². The van der Waals surface area contributed by atoms with Gasteiger partial charge in [-0.3, -0.25) is 9.48 Å². The minimum atomic E-state index is -0.462. The number of aryl methyl sites for hydroxylation is 1. The van der Waals surface area contributed by atoms with Gasteiger partial charge < -0.3 is 15.5 Å². The summed E-state index contributed by atoms with van der Waals surface area (Å²) in [5.74, 6) is -0.167. The van der Waals surface area contributed by atoms with E-state index in [0.717, 1.165) is 11.3 Å². The van der Waals surface area contributed by atoms with E-state index in [-0.39, 0.29) is 25.2 Å². The molecule has 1 aliphatic carbocycles. The van der Waals surface area contributed by atoms with Crippen molar-refractivity contribution in [1.82, 2.24) is 15.1 Å². The van der Waals surface area contributed by atoms with Crippen LogP contribution in [0.3, 0.4) is 0 Å². The Bertz CT molecular complexity index is 806. The molecule has 1 heterocycles. The van der Waals surface area contributed by atoms with Crippen molar-refractivity contribution in [1.29, 1.82) is 0 Å². The molecular formula is C19H24ClN3O3. The molecule has 1 aliphatic rings. The fraction of sp³-hybridized carbons (Fsp3) is 0.474. The van der Waals surface area contributed by atoms with Crippen molar-refractivity contribution in [2.45, 2.75) is 39.3 Å². The molecular weight excluding hydrogens is 354 g/mol. The number of nitrogens with zero attached hydrogens (tertiary/aromatic N) is 2. The highest BCUT2D eigenvalue weighted by Crippen LogP contribution is 2.40. The molecule has 0 radical (unpaired) electrons. The predicted molar refractivity (Wildman–Crippen MR) is 99.3 cm³/mol. The molecule has 0 atom stereocenters. The van der Waals surface area contributed by atoms with Gasteiger partial charge in [0, 0.05) is 22.2 Å². The molecule has 7 heteroatoms. The molecule has 1 aromatic carbocycles. The van der Waals surface area contributed by atoms with E-state index in [1.54, 1.807) is 4.68 Å². The van der Waals surface area contributed by atoms with Crippen LogP contribution in [0.5, 0.6) is 0 Å². The van der Waals surface area contributed by atoms with E-state index in [1.807, 2.05) is 38.1 Å². The summed E-state index contributed by atoms with van der Waals surface area (Å²) in [4.78, 5) is 12.7. The molecule has 0 aliphatic heterocycles. The van der Waals surface area contributed by atoms with Gasteiger partial charge in [0.1, 0.15) is 0 Å². The second kappa shape index (κ2) is 7.39. The lowest BCUT2D eigenvalue weighted by Crippen LogP contribution is -2.54. The summed E-state index contributed by atoms with van der Waals surface area (Å²) in [6, 6.07) is 7.54. The minimum absolute atomic E-state index is 0.0347. The molecule has 1 aromatic heterocycles. The molecule has 2 aromatic rings. The summed E-state index contributed by atoms with van der Waals surface area (Å²) in [6.45, 7) is 4.06. The first kappa shape index (κ1) is 18.9. The molecule has 140 valence electrons. The third-order valence-corrected chi connectivity index (χ3v) is 5.62. The molecule has 6 nitrogen and oxygen atoms in total. The molecule has 0 bridgehead atoms. The SMILES string of the molecule is Cc1nn(Cc2ccccc2Cl)c(C)c1C(=O)NC1CC(CO)(CO)C1. The van der Waals surface area contributed by atoms with Crippen LogP contribution in [0, 0.1) is 19.3 Å². The summed E-state index contributed by atoms with van der Waals surface area (Å²) in [5.41, 5.74) is 2.51. The van der Waals surface area contributed by atoms with E-state index in [4.69, 9.17) is 11.6 Å². The van der Waals surface area contributed by atoms with Crippen LogP contribution in [0.15, 0.2) is 24.3 Å². The van der Waals surface area contributed by atoms with Crippen LogP contribution in [0.4, 0.5) is 0 Å². The number of hydrogen-bond acceptors (Lipinski definition) is 4. The second-order valence-corrected chi connectivity index (χ2v) is 7.60. The van der Waals surface area contributed by atoms with Gasteiger partial charge in [-0.15, -0.1) is 0 Å². The predicted octanol–water partition coefficient (Wildman–Crippen LogP) is 2.06. The third-order valence-electron chi connectivity index (χ3n) is 5.25. The maximum atomic E-state index is 12.7. The molecule has 0 unspecified atom stereocenters. The average molecular weight is 378 g/mol. The van der Waals surface area contributed by atoms with Gasteiger partial charge in [0.2, 0.25) is 0 Å². The largest absolute Gasteiger partial charge is 0.396 e. The van der Waals surface area contributed by atoms with Crippen LogP contribution in [-0.4, -0.2) is 45.2 Å². The molecule has 3 N–H and O–H groups in total. The molecule has 0 saturated heterocycles. The topological polar surface area (TPSA) is 87.4 Å². The maximum absolute atomic E-state index is 12.7. The van der Waals surface area contributed by atoms with E-state index in [9.17, 15) is 15.0 Å². The Morgan fingerprint density at radius 3 is 2.58 bits per heavy atom. The number of aliphatic hydroxyl groups excluding tert-OH is 2. The van der Waals surface area contributed by atoms with Gasteiger partial charge in [0.05, 0.1) is 31.0 Å². The van der Waals surface area contributed by atoms with Crippen LogP contribution >= 0.6 is 11.6 Å². The summed E-state index contributed by atoms with van der Waals surface area (Å²) in [7, 11) is 0. The first-order valence-electron chi connectivity index (χ1n) is 8.69. The van der Waals surface area contributed by atoms with Crippen molar-refractivity contribution in [3.8, 4) is 0 Å². The highest BCUT2D eigenvalue weighted by molar-refractivity contribution is 6.31. The Kier molecular flexibility index (Phi) is 5.37. The molecule has 0 spiro atoms. The number of aromatic nitrogens is 2. The van der Waals surface area contributed by atoms with Gasteiger partial charge >= 0.3 is 0 Å². The fourth-order valence-corrected chi connectivity index (χ4v) is 3.82. The fourth-order valence-electron chi connectivity index (χ4n) is 3.62. The van der Waals surface area contributed by atoms with Gasteiger partial charge in [-0.1, -0.05) is 29.8 Å². The summed E-state index contributed by atoms with van der Waals surface area (Å²) >= 11 is 6.22. The number of carbonyl (C=O) groups is 1. The van der Waals surface area contributed by atoms with Crippen molar-refractivity contribution in [3.05, 3.63) is 51.8 Å². The van der Waals surface area contributed by atoms with E-state index in [0.29, 0.717) is 35.7 Å². The van der Waals surface area contributed by atoms with Gasteiger partial charge in [-0.2, -0.15) is 5.10 Å². The Hall–Kier alpha value is -1.89. The number of rotatable bonds is 6. The zero-order chi connectivity index (χ0) is 18.9. The maximum Gasteiger partial charge on any atom is 0.255 e. The number of hydrogen-bond donors (Lipinski definition) is 3. The normalized spacial score (nSPS) is 16.3. The smallest absolute Gasteiger partial charge is 0.255 e. The molecule has 1 amide bonds. The van der Waals surface area contributed by atoms with E-state index in [2.05, 4.69) is 10.4 Å². The lowest BCUT2D eigenvalue weighted by molar-refractivity contribution is -0.0300. The Labute approximate surface area is 157 Å². The Balaban J connectivity index is 1.72. The zero-order valence-electron chi connectivity index (χ0n) is 15.0. The van der Waals surface area contributed by atoms with E-state index >= 15 is 0 Å². The van der Waals surface area contributed by atoms with Crippen LogP contribution in [-0.2, 0) is 6.54 Å². The number of amides is 1. The van der Waals surface area contributed by atoms with Gasteiger partial charge in [-0.05, 0) is 38.3 Å². The summed E-state index contributed by atoms with van der Waals surface area (Å²) < 4.78 is 1.79. The average Bonchev–Trinajstić information content (AvgIpc) is 2.86. The van der Waals surface area contributed by atoms with Crippen LogP contribution in [0.25, 0.3) is 0 Å². The van der Waals surface area contributed by atoms with Gasteiger partial charge in [0.15, 0.2) is 0 Å². The van der Waals surface area contributed by atoms with Gasteiger partial charge in [-0.25, -0.2) is 0 Å². The summed E-state index contributed by atoms with van der Waals surface area (Å²) in [5, 5.41) is 26.9.